The fourth-order valence-electron chi connectivity index (χ4n) is 3.38. The molecule has 2 aliphatic heterocycles. The molecule has 0 bridgehead atoms. The highest BCUT2D eigenvalue weighted by atomic mass is 32.2. The minimum absolute atomic E-state index is 0.0573. The van der Waals surface area contributed by atoms with Crippen molar-refractivity contribution in [1.82, 2.24) is 4.90 Å². The second kappa shape index (κ2) is 8.52. The van der Waals surface area contributed by atoms with Crippen molar-refractivity contribution in [2.24, 2.45) is 5.92 Å². The number of nitrogens with zero attached hydrogens (tertiary/aromatic N) is 2. The number of thioether (sulfide) groups is 1. The van der Waals surface area contributed by atoms with E-state index in [2.05, 4.69) is 0 Å². The first-order valence-electron chi connectivity index (χ1n) is 9.16. The molecule has 2 aromatic rings. The number of β-lactam (4-membered cyclic amide) rings is 1. The lowest BCUT2D eigenvalue weighted by atomic mass is 9.90. The molecule has 1 aromatic carbocycles. The number of fused-ring (bicyclic) bond motifs is 1. The van der Waals surface area contributed by atoms with E-state index < -0.39 is 28.9 Å². The maximum atomic E-state index is 12.9. The minimum atomic E-state index is -0.706. The average molecular weight is 460 g/mol. The molecular weight excluding hydrogens is 444 g/mol. The first-order valence-corrected chi connectivity index (χ1v) is 11.0. The number of carbonyl (C=O) groups is 3. The highest BCUT2D eigenvalue weighted by molar-refractivity contribution is 8.03. The average Bonchev–Trinajstić information content (AvgIpc) is 3.39. The Morgan fingerprint density at radius 3 is 2.61 bits per heavy atom. The van der Waals surface area contributed by atoms with Crippen molar-refractivity contribution in [1.29, 1.82) is 0 Å². The second-order valence-corrected chi connectivity index (χ2v) is 8.78. The summed E-state index contributed by atoms with van der Waals surface area (Å²) in [6, 6.07) is 9.28. The van der Waals surface area contributed by atoms with Crippen molar-refractivity contribution in [3.63, 3.8) is 0 Å². The fraction of sp³-hybridized carbons (Fsp3) is 0.250. The van der Waals surface area contributed by atoms with Crippen molar-refractivity contribution in [2.75, 3.05) is 0 Å². The van der Waals surface area contributed by atoms with Crippen LogP contribution in [0.5, 0.6) is 0 Å². The summed E-state index contributed by atoms with van der Waals surface area (Å²) in [5, 5.41) is 13.8. The van der Waals surface area contributed by atoms with Gasteiger partial charge in [0.15, 0.2) is 6.10 Å². The van der Waals surface area contributed by atoms with E-state index in [0.717, 1.165) is 4.88 Å². The van der Waals surface area contributed by atoms with Crippen LogP contribution in [0.4, 0.5) is 5.69 Å². The van der Waals surface area contributed by atoms with Crippen molar-refractivity contribution >= 4 is 46.6 Å². The lowest BCUT2D eigenvalue weighted by molar-refractivity contribution is -0.384. The van der Waals surface area contributed by atoms with Gasteiger partial charge in [-0.3, -0.25) is 24.6 Å². The number of hydrogen-bond acceptors (Lipinski definition) is 9. The van der Waals surface area contributed by atoms with E-state index in [-0.39, 0.29) is 29.3 Å². The molecule has 0 spiro atoms. The third-order valence-corrected chi connectivity index (χ3v) is 6.91. The number of rotatable bonds is 7. The molecule has 3 heterocycles. The quantitative estimate of drug-likeness (QED) is 0.267. The SMILES string of the molecule is CC(=O)OC(c1cccs1)C1C(=O)N2C(C(=O)OCc3ccc([N+](=O)[O-])cc3)=CSC12. The third-order valence-electron chi connectivity index (χ3n) is 4.83. The van der Waals surface area contributed by atoms with Gasteiger partial charge in [0, 0.05) is 29.3 Å². The van der Waals surface area contributed by atoms with Gasteiger partial charge in [-0.2, -0.15) is 0 Å². The van der Waals surface area contributed by atoms with Crippen molar-refractivity contribution < 1.29 is 28.8 Å². The monoisotopic (exact) mass is 460 g/mol. The molecule has 0 radical (unpaired) electrons. The highest BCUT2D eigenvalue weighted by Crippen LogP contribution is 2.51. The first kappa shape index (κ1) is 21.1. The number of carbonyl (C=O) groups excluding carboxylic acids is 3. The largest absolute Gasteiger partial charge is 0.456 e. The van der Waals surface area contributed by atoms with Crippen molar-refractivity contribution in [3.8, 4) is 0 Å². The van der Waals surface area contributed by atoms with Gasteiger partial charge in [0.05, 0.1) is 4.92 Å². The molecule has 0 N–H and O–H groups in total. The van der Waals surface area contributed by atoms with E-state index in [9.17, 15) is 24.5 Å². The van der Waals surface area contributed by atoms with Gasteiger partial charge in [0.25, 0.3) is 5.69 Å². The van der Waals surface area contributed by atoms with E-state index in [1.165, 1.54) is 59.2 Å². The van der Waals surface area contributed by atoms with E-state index in [0.29, 0.717) is 5.56 Å². The molecule has 2 aliphatic rings. The van der Waals surface area contributed by atoms with Crippen LogP contribution in [-0.4, -0.2) is 33.0 Å². The lowest BCUT2D eigenvalue weighted by Gasteiger charge is -2.45. The smallest absolute Gasteiger partial charge is 0.355 e. The van der Waals surface area contributed by atoms with Crippen LogP contribution in [0, 0.1) is 16.0 Å². The van der Waals surface area contributed by atoms with Gasteiger partial charge in [-0.1, -0.05) is 6.07 Å². The topological polar surface area (TPSA) is 116 Å². The van der Waals surface area contributed by atoms with Gasteiger partial charge in [-0.25, -0.2) is 4.79 Å². The molecule has 1 aromatic heterocycles. The maximum absolute atomic E-state index is 12.9. The van der Waals surface area contributed by atoms with Crippen LogP contribution in [-0.2, 0) is 30.5 Å². The zero-order valence-corrected chi connectivity index (χ0v) is 17.8. The second-order valence-electron chi connectivity index (χ2n) is 6.81. The number of nitro groups is 1. The van der Waals surface area contributed by atoms with Crippen LogP contribution in [0.3, 0.4) is 0 Å². The van der Waals surface area contributed by atoms with E-state index in [1.54, 1.807) is 11.5 Å². The summed E-state index contributed by atoms with van der Waals surface area (Å²) in [5.41, 5.74) is 0.659. The Balaban J connectivity index is 1.40. The molecule has 31 heavy (non-hydrogen) atoms. The highest BCUT2D eigenvalue weighted by Gasteiger charge is 2.58. The molecule has 160 valence electrons. The molecule has 1 amide bonds. The predicted molar refractivity (Wildman–Crippen MR) is 112 cm³/mol. The van der Waals surface area contributed by atoms with E-state index in [4.69, 9.17) is 9.47 Å². The third kappa shape index (κ3) is 4.06. The Bertz CT molecular complexity index is 1070. The van der Waals surface area contributed by atoms with E-state index >= 15 is 0 Å². The van der Waals surface area contributed by atoms with Gasteiger partial charge in [0.2, 0.25) is 5.91 Å². The Morgan fingerprint density at radius 2 is 2.00 bits per heavy atom. The zero-order chi connectivity index (χ0) is 22.1. The van der Waals surface area contributed by atoms with E-state index in [1.807, 2.05) is 11.4 Å². The van der Waals surface area contributed by atoms with Crippen molar-refractivity contribution in [3.05, 3.63) is 73.4 Å². The van der Waals surface area contributed by atoms with Gasteiger partial charge in [-0.15, -0.1) is 23.1 Å². The molecule has 11 heteroatoms. The number of thiophene rings is 1. The summed E-state index contributed by atoms with van der Waals surface area (Å²) < 4.78 is 10.7. The van der Waals surface area contributed by atoms with Crippen LogP contribution in [0.1, 0.15) is 23.5 Å². The Labute approximate surface area is 184 Å². The van der Waals surface area contributed by atoms with Gasteiger partial charge in [0.1, 0.15) is 23.6 Å². The molecule has 9 nitrogen and oxygen atoms in total. The number of benzene rings is 1. The Morgan fingerprint density at radius 1 is 1.26 bits per heavy atom. The predicted octanol–water partition coefficient (Wildman–Crippen LogP) is 3.38. The summed E-state index contributed by atoms with van der Waals surface area (Å²) in [6.07, 6.45) is -0.706. The van der Waals surface area contributed by atoms with Gasteiger partial charge in [-0.05, 0) is 29.1 Å². The number of amides is 1. The minimum Gasteiger partial charge on any atom is -0.456 e. The maximum Gasteiger partial charge on any atom is 0.355 e. The molecule has 0 aliphatic carbocycles. The van der Waals surface area contributed by atoms with Gasteiger partial charge >= 0.3 is 11.9 Å². The van der Waals surface area contributed by atoms with Crippen LogP contribution in [0.25, 0.3) is 0 Å². The zero-order valence-electron chi connectivity index (χ0n) is 16.1. The summed E-state index contributed by atoms with van der Waals surface area (Å²) in [6.45, 7) is 1.21. The summed E-state index contributed by atoms with van der Waals surface area (Å²) >= 11 is 2.69. The van der Waals surface area contributed by atoms with Crippen LogP contribution < -0.4 is 0 Å². The molecule has 0 saturated carbocycles. The summed E-state index contributed by atoms with van der Waals surface area (Å²) in [7, 11) is 0. The lowest BCUT2D eigenvalue weighted by Crippen LogP contribution is -2.59. The molecule has 3 atom stereocenters. The normalized spacial score (nSPS) is 20.4. The first-order chi connectivity index (χ1) is 14.9. The van der Waals surface area contributed by atoms with Crippen LogP contribution >= 0.6 is 23.1 Å². The molecule has 4 rings (SSSR count). The molecule has 1 saturated heterocycles. The van der Waals surface area contributed by atoms with Crippen LogP contribution in [0.15, 0.2) is 52.9 Å². The number of non-ortho nitro benzene ring substituents is 1. The summed E-state index contributed by atoms with van der Waals surface area (Å²) in [4.78, 5) is 49.3. The number of esters is 2. The van der Waals surface area contributed by atoms with Crippen molar-refractivity contribution in [2.45, 2.75) is 25.0 Å². The Kier molecular flexibility index (Phi) is 5.79. The number of nitro benzene ring substituents is 1. The standard InChI is InChI=1S/C20H16N2O7S2/c1-11(23)29-17(15-3-2-8-30-15)16-18(24)21-14(10-31-19(16)21)20(25)28-9-12-4-6-13(7-5-12)22(26)27/h2-8,10,16-17,19H,9H2,1H3. The summed E-state index contributed by atoms with van der Waals surface area (Å²) in [5.74, 6) is -2.05. The van der Waals surface area contributed by atoms with Crippen LogP contribution in [0.2, 0.25) is 0 Å². The Hall–Kier alpha value is -3.18. The number of ether oxygens (including phenoxy) is 2. The molecule has 3 unspecified atom stereocenters. The van der Waals surface area contributed by atoms with Gasteiger partial charge < -0.3 is 9.47 Å². The fourth-order valence-corrected chi connectivity index (χ4v) is 5.43. The molecular formula is C20H16N2O7S2. The molecule has 1 fully saturated rings. The number of hydrogen-bond donors (Lipinski definition) is 0.